The van der Waals surface area contributed by atoms with Gasteiger partial charge in [-0.25, -0.2) is 0 Å². The first kappa shape index (κ1) is 26.3. The predicted octanol–water partition coefficient (Wildman–Crippen LogP) is 5.61. The van der Waals surface area contributed by atoms with Crippen molar-refractivity contribution in [1.82, 2.24) is 15.2 Å². The molecule has 2 aromatic heterocycles. The maximum atomic E-state index is 14.2. The van der Waals surface area contributed by atoms with E-state index in [1.165, 1.54) is 12.1 Å². The van der Waals surface area contributed by atoms with Gasteiger partial charge in [0.05, 0.1) is 12.0 Å². The summed E-state index contributed by atoms with van der Waals surface area (Å²) < 4.78 is 53.3. The molecule has 1 aliphatic heterocycles. The number of benzene rings is 2. The SMILES string of the molecule is O=C(O)[C@H]1CCCN(C[C@H](O)c2ccc3c(c2)CCc2c-3noc2-c2noc(-c3ccccc3)c2C(F)(F)F)C1. The van der Waals surface area contributed by atoms with Gasteiger partial charge in [0, 0.05) is 29.8 Å². The molecule has 40 heavy (non-hydrogen) atoms. The zero-order valence-corrected chi connectivity index (χ0v) is 21.3. The molecule has 0 bridgehead atoms. The lowest BCUT2D eigenvalue weighted by atomic mass is 9.86. The molecule has 8 nitrogen and oxygen atoms in total. The van der Waals surface area contributed by atoms with Crippen molar-refractivity contribution in [2.24, 2.45) is 5.92 Å². The number of fused-ring (bicyclic) bond motifs is 3. The number of β-amino-alcohol motifs (C(OH)–C–C–N with tert-alkyl or cyclic N) is 1. The molecule has 0 spiro atoms. The smallest absolute Gasteiger partial charge is 0.422 e. The summed E-state index contributed by atoms with van der Waals surface area (Å²) in [7, 11) is 0. The number of carbonyl (C=O) groups is 1. The standard InChI is InChI=1S/C29H26F3N3O5/c30-29(31,32)23-25(34-39-26(23)16-5-2-1-3-6-16)27-21-11-8-17-13-18(9-10-20(17)24(21)33-40-27)22(36)15-35-12-4-7-19(14-35)28(37)38/h1-3,5-6,9-10,13,19,22,36H,4,7-8,11-12,14-15H2,(H,37,38)/t19-,22-/m0/s1. The summed E-state index contributed by atoms with van der Waals surface area (Å²) in [5, 5.41) is 28.1. The Labute approximate surface area is 227 Å². The van der Waals surface area contributed by atoms with Gasteiger partial charge >= 0.3 is 12.1 Å². The van der Waals surface area contributed by atoms with Crippen LogP contribution < -0.4 is 0 Å². The van der Waals surface area contributed by atoms with Gasteiger partial charge in [-0.2, -0.15) is 13.2 Å². The third-order valence-corrected chi connectivity index (χ3v) is 7.71. The number of piperidine rings is 1. The molecule has 1 aliphatic carbocycles. The monoisotopic (exact) mass is 553 g/mol. The van der Waals surface area contributed by atoms with Gasteiger partial charge in [-0.05, 0) is 43.4 Å². The van der Waals surface area contributed by atoms with E-state index in [1.807, 2.05) is 11.0 Å². The van der Waals surface area contributed by atoms with Crippen LogP contribution in [-0.2, 0) is 23.8 Å². The van der Waals surface area contributed by atoms with Crippen molar-refractivity contribution in [3.05, 3.63) is 70.8 Å². The van der Waals surface area contributed by atoms with Crippen LogP contribution in [-0.4, -0.2) is 51.0 Å². The topological polar surface area (TPSA) is 113 Å². The van der Waals surface area contributed by atoms with Crippen molar-refractivity contribution in [2.75, 3.05) is 19.6 Å². The molecule has 4 aromatic rings. The van der Waals surface area contributed by atoms with E-state index in [1.54, 1.807) is 30.3 Å². The van der Waals surface area contributed by atoms with Crippen molar-refractivity contribution < 1.29 is 37.2 Å². The molecular formula is C29H26F3N3O5. The second kappa shape index (κ2) is 10.2. The van der Waals surface area contributed by atoms with E-state index in [2.05, 4.69) is 10.3 Å². The summed E-state index contributed by atoms with van der Waals surface area (Å²) in [6, 6.07) is 13.4. The van der Waals surface area contributed by atoms with Gasteiger partial charge in [-0.15, -0.1) is 0 Å². The third kappa shape index (κ3) is 4.79. The van der Waals surface area contributed by atoms with Crippen LogP contribution in [0.15, 0.2) is 57.6 Å². The number of nitrogens with zero attached hydrogens (tertiary/aromatic N) is 3. The van der Waals surface area contributed by atoms with Gasteiger partial charge in [-0.1, -0.05) is 58.8 Å². The number of alkyl halides is 3. The fraction of sp³-hybridized carbons (Fsp3) is 0.345. The van der Waals surface area contributed by atoms with Crippen LogP contribution in [0.25, 0.3) is 34.0 Å². The number of aliphatic hydroxyl groups excluding tert-OH is 1. The number of aliphatic hydroxyl groups is 1. The first-order valence-corrected chi connectivity index (χ1v) is 13.1. The van der Waals surface area contributed by atoms with Crippen molar-refractivity contribution in [1.29, 1.82) is 0 Å². The lowest BCUT2D eigenvalue weighted by molar-refractivity contribution is -0.143. The molecule has 0 saturated carbocycles. The summed E-state index contributed by atoms with van der Waals surface area (Å²) in [6.07, 6.45) is -3.27. The summed E-state index contributed by atoms with van der Waals surface area (Å²) >= 11 is 0. The fourth-order valence-corrected chi connectivity index (χ4v) is 5.72. The van der Waals surface area contributed by atoms with Crippen molar-refractivity contribution in [2.45, 2.75) is 38.0 Å². The Morgan fingerprint density at radius 1 is 1.05 bits per heavy atom. The van der Waals surface area contributed by atoms with E-state index < -0.39 is 35.4 Å². The number of rotatable bonds is 6. The van der Waals surface area contributed by atoms with E-state index in [4.69, 9.17) is 9.05 Å². The summed E-state index contributed by atoms with van der Waals surface area (Å²) in [5.41, 5.74) is 2.07. The number of halogens is 3. The number of hydrogen-bond donors (Lipinski definition) is 2. The largest absolute Gasteiger partial charge is 0.481 e. The van der Waals surface area contributed by atoms with Crippen LogP contribution in [0.4, 0.5) is 13.2 Å². The highest BCUT2D eigenvalue weighted by Gasteiger charge is 2.43. The number of aryl methyl sites for hydroxylation is 1. The second-order valence-electron chi connectivity index (χ2n) is 10.3. The normalized spacial score (nSPS) is 18.2. The van der Waals surface area contributed by atoms with E-state index >= 15 is 0 Å². The van der Waals surface area contributed by atoms with E-state index in [9.17, 15) is 28.2 Å². The number of aromatic nitrogens is 2. The molecule has 1 fully saturated rings. The van der Waals surface area contributed by atoms with E-state index in [0.29, 0.717) is 49.2 Å². The molecule has 1 saturated heterocycles. The molecule has 3 heterocycles. The van der Waals surface area contributed by atoms with Crippen LogP contribution in [0.5, 0.6) is 0 Å². The van der Waals surface area contributed by atoms with Gasteiger partial charge in [-0.3, -0.25) is 9.69 Å². The first-order chi connectivity index (χ1) is 19.2. The predicted molar refractivity (Wildman–Crippen MR) is 137 cm³/mol. The molecule has 0 radical (unpaired) electrons. The molecule has 2 N–H and O–H groups in total. The minimum absolute atomic E-state index is 0.0684. The molecule has 6 rings (SSSR count). The van der Waals surface area contributed by atoms with Crippen LogP contribution in [0.3, 0.4) is 0 Å². The van der Waals surface area contributed by atoms with E-state index in [0.717, 1.165) is 24.1 Å². The van der Waals surface area contributed by atoms with Crippen molar-refractivity contribution >= 4 is 5.97 Å². The van der Waals surface area contributed by atoms with Crippen molar-refractivity contribution in [3.63, 3.8) is 0 Å². The Morgan fingerprint density at radius 3 is 2.55 bits per heavy atom. The minimum atomic E-state index is -4.74. The molecule has 2 aromatic carbocycles. The van der Waals surface area contributed by atoms with Gasteiger partial charge in [0.2, 0.25) is 0 Å². The number of hydrogen-bond acceptors (Lipinski definition) is 7. The summed E-state index contributed by atoms with van der Waals surface area (Å²) in [5.74, 6) is -1.71. The van der Waals surface area contributed by atoms with Crippen LogP contribution >= 0.6 is 0 Å². The molecule has 11 heteroatoms. The fourth-order valence-electron chi connectivity index (χ4n) is 5.72. The van der Waals surface area contributed by atoms with Crippen LogP contribution in [0, 0.1) is 5.92 Å². The first-order valence-electron chi connectivity index (χ1n) is 13.1. The molecular weight excluding hydrogens is 527 g/mol. The quantitative estimate of drug-likeness (QED) is 0.317. The van der Waals surface area contributed by atoms with Gasteiger partial charge in [0.15, 0.2) is 17.2 Å². The summed E-state index contributed by atoms with van der Waals surface area (Å²) in [6.45, 7) is 1.44. The zero-order chi connectivity index (χ0) is 28.0. The average molecular weight is 554 g/mol. The van der Waals surface area contributed by atoms with Crippen molar-refractivity contribution in [3.8, 4) is 34.0 Å². The second-order valence-corrected chi connectivity index (χ2v) is 10.3. The van der Waals surface area contributed by atoms with Gasteiger partial charge in [0.1, 0.15) is 11.3 Å². The Hall–Kier alpha value is -3.96. The number of carboxylic acids is 1. The lowest BCUT2D eigenvalue weighted by Gasteiger charge is -2.32. The molecule has 2 atom stereocenters. The summed E-state index contributed by atoms with van der Waals surface area (Å²) in [4.78, 5) is 13.3. The van der Waals surface area contributed by atoms with Crippen LogP contribution in [0.2, 0.25) is 0 Å². The third-order valence-electron chi connectivity index (χ3n) is 7.71. The van der Waals surface area contributed by atoms with Crippen LogP contribution in [0.1, 0.15) is 41.2 Å². The number of carboxylic acid groups (broad SMARTS) is 1. The average Bonchev–Trinajstić information content (AvgIpc) is 3.58. The Bertz CT molecular complexity index is 1550. The molecule has 0 amide bonds. The van der Waals surface area contributed by atoms with Gasteiger partial charge in [0.25, 0.3) is 0 Å². The molecule has 0 unspecified atom stereocenters. The molecule has 2 aliphatic rings. The Morgan fingerprint density at radius 2 is 1.80 bits per heavy atom. The van der Waals surface area contributed by atoms with Gasteiger partial charge < -0.3 is 19.3 Å². The Balaban J connectivity index is 1.28. The maximum absolute atomic E-state index is 14.2. The minimum Gasteiger partial charge on any atom is -0.481 e. The number of likely N-dealkylation sites (tertiary alicyclic amines) is 1. The highest BCUT2D eigenvalue weighted by Crippen LogP contribution is 2.46. The van der Waals surface area contributed by atoms with E-state index in [-0.39, 0.29) is 17.1 Å². The lowest BCUT2D eigenvalue weighted by Crippen LogP contribution is -2.40. The highest BCUT2D eigenvalue weighted by atomic mass is 19.4. The zero-order valence-electron chi connectivity index (χ0n) is 21.3. The number of aliphatic carboxylic acids is 1. The highest BCUT2D eigenvalue weighted by molar-refractivity contribution is 5.79. The molecule has 208 valence electrons. The Kier molecular flexibility index (Phi) is 6.71. The maximum Gasteiger partial charge on any atom is 0.422 e.